The molecule has 0 saturated heterocycles. The molecular weight excluding hydrogens is 530 g/mol. The maximum Gasteiger partial charge on any atom is 0.337 e. The molecular formula is C31H51NO9. The molecule has 1 saturated carbocycles. The highest BCUT2D eigenvalue weighted by atomic mass is 16.4. The molecule has 0 aromatic rings. The van der Waals surface area contributed by atoms with Gasteiger partial charge >= 0.3 is 17.9 Å². The number of carbonyl (C=O) groups is 5. The van der Waals surface area contributed by atoms with Crippen molar-refractivity contribution < 1.29 is 44.4 Å². The molecule has 1 fully saturated rings. The standard InChI is InChI=1S/C31H51NO9/c1-2-3-4-7-13-18-24(33)19-14-8-5-6-9-15-20-25(31(41,30(39)40)22-27(34)35)28(36)32-26(29(37)38)21-23-16-11-10-12-17-23/h15,20,23,25-26,41H,2-14,16-19,21-22H2,1H3,(H,32,36)(H,34,35)(H,37,38)(H,39,40)/b20-15+/t25-,26+,31+/m1/s1. The van der Waals surface area contributed by atoms with E-state index in [1.54, 1.807) is 0 Å². The summed E-state index contributed by atoms with van der Waals surface area (Å²) in [6.07, 6.45) is 16.7. The van der Waals surface area contributed by atoms with Crippen LogP contribution in [-0.2, 0) is 24.0 Å². The first-order chi connectivity index (χ1) is 19.5. The van der Waals surface area contributed by atoms with Gasteiger partial charge in [-0.3, -0.25) is 14.4 Å². The third-order valence-electron chi connectivity index (χ3n) is 7.96. The number of hydrogen-bond donors (Lipinski definition) is 5. The number of ketones is 1. The van der Waals surface area contributed by atoms with Gasteiger partial charge in [-0.15, -0.1) is 0 Å². The lowest BCUT2D eigenvalue weighted by Crippen LogP contribution is -2.55. The Kier molecular flexibility index (Phi) is 17.9. The first kappa shape index (κ1) is 36.3. The Hall–Kier alpha value is -2.75. The summed E-state index contributed by atoms with van der Waals surface area (Å²) < 4.78 is 0. The van der Waals surface area contributed by atoms with E-state index in [4.69, 9.17) is 0 Å². The van der Waals surface area contributed by atoms with Gasteiger partial charge in [0.15, 0.2) is 5.60 Å². The van der Waals surface area contributed by atoms with Crippen LogP contribution >= 0.6 is 0 Å². The van der Waals surface area contributed by atoms with E-state index in [-0.39, 0.29) is 18.1 Å². The molecule has 0 aromatic carbocycles. The number of Topliss-reactive ketones (excluding diaryl/α,β-unsaturated/α-hetero) is 1. The molecule has 0 unspecified atom stereocenters. The van der Waals surface area contributed by atoms with Crippen LogP contribution in [0.25, 0.3) is 0 Å². The van der Waals surface area contributed by atoms with E-state index in [0.29, 0.717) is 25.7 Å². The van der Waals surface area contributed by atoms with Crippen molar-refractivity contribution in [1.29, 1.82) is 0 Å². The third-order valence-corrected chi connectivity index (χ3v) is 7.96. The normalized spacial score (nSPS) is 17.0. The Bertz CT molecular complexity index is 866. The van der Waals surface area contributed by atoms with E-state index in [2.05, 4.69) is 12.2 Å². The molecule has 10 heteroatoms. The van der Waals surface area contributed by atoms with Crippen LogP contribution in [-0.4, -0.2) is 61.7 Å². The van der Waals surface area contributed by atoms with Gasteiger partial charge in [0.1, 0.15) is 11.8 Å². The van der Waals surface area contributed by atoms with Crippen molar-refractivity contribution in [2.45, 2.75) is 141 Å². The lowest BCUT2D eigenvalue weighted by molar-refractivity contribution is -0.172. The fraction of sp³-hybridized carbons (Fsp3) is 0.774. The van der Waals surface area contributed by atoms with Crippen molar-refractivity contribution in [1.82, 2.24) is 5.32 Å². The number of carboxylic acid groups (broad SMARTS) is 3. The van der Waals surface area contributed by atoms with Crippen LogP contribution < -0.4 is 5.32 Å². The van der Waals surface area contributed by atoms with Gasteiger partial charge in [0.25, 0.3) is 0 Å². The highest BCUT2D eigenvalue weighted by Gasteiger charge is 2.49. The molecule has 0 aliphatic heterocycles. The average Bonchev–Trinajstić information content (AvgIpc) is 2.91. The van der Waals surface area contributed by atoms with Crippen molar-refractivity contribution in [2.24, 2.45) is 11.8 Å². The molecule has 1 aliphatic carbocycles. The van der Waals surface area contributed by atoms with Gasteiger partial charge in [-0.1, -0.05) is 89.7 Å². The maximum absolute atomic E-state index is 13.2. The highest BCUT2D eigenvalue weighted by Crippen LogP contribution is 2.29. The van der Waals surface area contributed by atoms with Gasteiger partial charge in [0, 0.05) is 12.8 Å². The summed E-state index contributed by atoms with van der Waals surface area (Å²) in [7, 11) is 0. The summed E-state index contributed by atoms with van der Waals surface area (Å²) in [5, 5.41) is 41.8. The summed E-state index contributed by atoms with van der Waals surface area (Å²) in [6, 6.07) is -1.27. The summed E-state index contributed by atoms with van der Waals surface area (Å²) in [4.78, 5) is 60.4. The monoisotopic (exact) mass is 581 g/mol. The molecule has 0 aromatic heterocycles. The van der Waals surface area contributed by atoms with Crippen LogP contribution in [0, 0.1) is 11.8 Å². The summed E-state index contributed by atoms with van der Waals surface area (Å²) in [5.74, 6) is -7.18. The second-order valence-corrected chi connectivity index (χ2v) is 11.5. The van der Waals surface area contributed by atoms with E-state index in [9.17, 15) is 44.4 Å². The van der Waals surface area contributed by atoms with Gasteiger partial charge in [-0.25, -0.2) is 9.59 Å². The first-order valence-corrected chi connectivity index (χ1v) is 15.4. The highest BCUT2D eigenvalue weighted by molar-refractivity contribution is 5.94. The third kappa shape index (κ3) is 14.6. The number of rotatable bonds is 23. The predicted molar refractivity (Wildman–Crippen MR) is 154 cm³/mol. The van der Waals surface area contributed by atoms with Crippen LogP contribution in [0.3, 0.4) is 0 Å². The largest absolute Gasteiger partial charge is 0.481 e. The van der Waals surface area contributed by atoms with Gasteiger partial charge in [0.2, 0.25) is 5.91 Å². The minimum atomic E-state index is -2.95. The first-order valence-electron chi connectivity index (χ1n) is 15.4. The van der Waals surface area contributed by atoms with E-state index in [0.717, 1.165) is 64.2 Å². The molecule has 1 rings (SSSR count). The summed E-state index contributed by atoms with van der Waals surface area (Å²) >= 11 is 0. The number of allylic oxidation sites excluding steroid dienone is 1. The second kappa shape index (κ2) is 20.2. The van der Waals surface area contributed by atoms with Crippen LogP contribution in [0.15, 0.2) is 12.2 Å². The topological polar surface area (TPSA) is 178 Å². The van der Waals surface area contributed by atoms with Crippen LogP contribution in [0.2, 0.25) is 0 Å². The van der Waals surface area contributed by atoms with Crippen molar-refractivity contribution in [3.8, 4) is 0 Å². The Labute approximate surface area is 244 Å². The van der Waals surface area contributed by atoms with Crippen LogP contribution in [0.5, 0.6) is 0 Å². The van der Waals surface area contributed by atoms with Crippen LogP contribution in [0.4, 0.5) is 0 Å². The molecule has 5 N–H and O–H groups in total. The number of aliphatic hydroxyl groups is 1. The van der Waals surface area contributed by atoms with E-state index in [1.165, 1.54) is 31.4 Å². The van der Waals surface area contributed by atoms with Gasteiger partial charge in [0.05, 0.1) is 12.3 Å². The lowest BCUT2D eigenvalue weighted by atomic mass is 9.82. The molecule has 1 aliphatic rings. The Morgan fingerprint density at radius 3 is 1.98 bits per heavy atom. The molecule has 0 heterocycles. The Morgan fingerprint density at radius 1 is 0.854 bits per heavy atom. The van der Waals surface area contributed by atoms with E-state index in [1.807, 2.05) is 0 Å². The van der Waals surface area contributed by atoms with Gasteiger partial charge < -0.3 is 25.7 Å². The zero-order valence-electron chi connectivity index (χ0n) is 24.7. The van der Waals surface area contributed by atoms with Gasteiger partial charge in [-0.05, 0) is 38.0 Å². The number of carbonyl (C=O) groups excluding carboxylic acids is 2. The molecule has 41 heavy (non-hydrogen) atoms. The van der Waals surface area contributed by atoms with Crippen molar-refractivity contribution in [2.75, 3.05) is 0 Å². The molecule has 3 atom stereocenters. The zero-order chi connectivity index (χ0) is 30.7. The predicted octanol–water partition coefficient (Wildman–Crippen LogP) is 5.26. The molecule has 0 radical (unpaired) electrons. The number of carboxylic acids is 3. The molecule has 10 nitrogen and oxygen atoms in total. The Balaban J connectivity index is 2.70. The second-order valence-electron chi connectivity index (χ2n) is 11.5. The number of nitrogens with one attached hydrogen (secondary N) is 1. The maximum atomic E-state index is 13.2. The minimum Gasteiger partial charge on any atom is -0.481 e. The number of aliphatic carboxylic acids is 3. The zero-order valence-corrected chi connectivity index (χ0v) is 24.7. The number of hydrogen-bond acceptors (Lipinski definition) is 6. The lowest BCUT2D eigenvalue weighted by Gasteiger charge is -2.30. The fourth-order valence-electron chi connectivity index (χ4n) is 5.47. The van der Waals surface area contributed by atoms with Crippen molar-refractivity contribution in [3.63, 3.8) is 0 Å². The van der Waals surface area contributed by atoms with Crippen molar-refractivity contribution >= 4 is 29.6 Å². The SMILES string of the molecule is CCCCCCCC(=O)CCCCCC/C=C/[C@H](C(=O)N[C@@H](CC1CCCCC1)C(=O)O)[C@@](O)(CC(=O)O)C(=O)O. The van der Waals surface area contributed by atoms with Gasteiger partial charge in [-0.2, -0.15) is 0 Å². The summed E-state index contributed by atoms with van der Waals surface area (Å²) in [6.45, 7) is 2.15. The quantitative estimate of drug-likeness (QED) is 0.0795. The molecule has 1 amide bonds. The van der Waals surface area contributed by atoms with E-state index >= 15 is 0 Å². The Morgan fingerprint density at radius 2 is 1.44 bits per heavy atom. The minimum absolute atomic E-state index is 0.109. The molecule has 0 bridgehead atoms. The number of amides is 1. The average molecular weight is 582 g/mol. The summed E-state index contributed by atoms with van der Waals surface area (Å²) in [5.41, 5.74) is -2.95. The van der Waals surface area contributed by atoms with Crippen molar-refractivity contribution in [3.05, 3.63) is 12.2 Å². The molecule has 0 spiro atoms. The number of unbranched alkanes of at least 4 members (excludes halogenated alkanes) is 8. The smallest absolute Gasteiger partial charge is 0.337 e. The fourth-order valence-corrected chi connectivity index (χ4v) is 5.47. The molecule has 234 valence electrons. The van der Waals surface area contributed by atoms with Crippen LogP contribution in [0.1, 0.15) is 129 Å². The van der Waals surface area contributed by atoms with E-state index < -0.39 is 47.8 Å².